The molecule has 2 amide bonds. The summed E-state index contributed by atoms with van der Waals surface area (Å²) in [6, 6.07) is 14.9. The molecule has 2 aromatic rings. The monoisotopic (exact) mass is 353 g/mol. The Morgan fingerprint density at radius 2 is 1.88 bits per heavy atom. The summed E-state index contributed by atoms with van der Waals surface area (Å²) >= 11 is 0. The molecule has 2 aromatic carbocycles. The lowest BCUT2D eigenvalue weighted by Gasteiger charge is -2.15. The molecule has 4 N–H and O–H groups in total. The number of nitrogens with one attached hydrogen (secondary N) is 3. The van der Waals surface area contributed by atoms with Crippen LogP contribution < -0.4 is 16.0 Å². The van der Waals surface area contributed by atoms with Gasteiger partial charge in [0.15, 0.2) is 0 Å². The third-order valence-electron chi connectivity index (χ3n) is 4.37. The van der Waals surface area contributed by atoms with Crippen molar-refractivity contribution in [2.45, 2.75) is 38.4 Å². The van der Waals surface area contributed by atoms with Crippen LogP contribution in [0.1, 0.15) is 47.3 Å². The molecule has 0 bridgehead atoms. The Bertz CT molecular complexity index is 785. The maximum atomic E-state index is 11.7. The molecule has 1 saturated carbocycles. The summed E-state index contributed by atoms with van der Waals surface area (Å²) in [5.74, 6) is -0.922. The molecule has 1 atom stereocenters. The van der Waals surface area contributed by atoms with Crippen LogP contribution in [-0.4, -0.2) is 23.1 Å². The van der Waals surface area contributed by atoms with E-state index in [0.29, 0.717) is 12.6 Å². The first-order valence-corrected chi connectivity index (χ1v) is 8.74. The van der Waals surface area contributed by atoms with Crippen LogP contribution in [0.4, 0.5) is 10.5 Å². The Kier molecular flexibility index (Phi) is 5.53. The van der Waals surface area contributed by atoms with Gasteiger partial charge in [0.05, 0.1) is 5.56 Å². The highest BCUT2D eigenvalue weighted by Crippen LogP contribution is 2.20. The zero-order valence-corrected chi connectivity index (χ0v) is 14.7. The van der Waals surface area contributed by atoms with Crippen molar-refractivity contribution in [3.63, 3.8) is 0 Å². The first-order valence-electron chi connectivity index (χ1n) is 8.74. The first kappa shape index (κ1) is 17.9. The minimum absolute atomic E-state index is 0.0952. The second-order valence-electron chi connectivity index (χ2n) is 6.60. The van der Waals surface area contributed by atoms with Gasteiger partial charge in [0.1, 0.15) is 0 Å². The van der Waals surface area contributed by atoms with Gasteiger partial charge in [0.2, 0.25) is 0 Å². The SMILES string of the molecule is CC(NCc1cccc(C(=O)O)c1)c1ccc(NC(=O)NC2CC2)cc1. The zero-order valence-electron chi connectivity index (χ0n) is 14.7. The predicted molar refractivity (Wildman–Crippen MR) is 100 cm³/mol. The Morgan fingerprint density at radius 1 is 1.15 bits per heavy atom. The van der Waals surface area contributed by atoms with Gasteiger partial charge in [-0.25, -0.2) is 9.59 Å². The third-order valence-corrected chi connectivity index (χ3v) is 4.37. The summed E-state index contributed by atoms with van der Waals surface area (Å²) in [4.78, 5) is 22.8. The summed E-state index contributed by atoms with van der Waals surface area (Å²) in [5.41, 5.74) is 3.06. The van der Waals surface area contributed by atoms with E-state index in [9.17, 15) is 9.59 Å². The number of urea groups is 1. The molecule has 1 aliphatic rings. The fraction of sp³-hybridized carbons (Fsp3) is 0.300. The van der Waals surface area contributed by atoms with E-state index in [2.05, 4.69) is 16.0 Å². The Labute approximate surface area is 152 Å². The molecule has 0 heterocycles. The molecule has 6 nitrogen and oxygen atoms in total. The summed E-state index contributed by atoms with van der Waals surface area (Å²) in [6.45, 7) is 2.62. The highest BCUT2D eigenvalue weighted by Gasteiger charge is 2.23. The maximum Gasteiger partial charge on any atom is 0.335 e. The Morgan fingerprint density at radius 3 is 2.54 bits per heavy atom. The van der Waals surface area contributed by atoms with Crippen molar-refractivity contribution in [1.29, 1.82) is 0 Å². The molecule has 1 unspecified atom stereocenters. The van der Waals surface area contributed by atoms with Crippen LogP contribution >= 0.6 is 0 Å². The number of aromatic carboxylic acids is 1. The second-order valence-corrected chi connectivity index (χ2v) is 6.60. The number of benzene rings is 2. The van der Waals surface area contributed by atoms with E-state index in [4.69, 9.17) is 5.11 Å². The summed E-state index contributed by atoms with van der Waals surface area (Å²) in [6.07, 6.45) is 2.12. The largest absolute Gasteiger partial charge is 0.478 e. The zero-order chi connectivity index (χ0) is 18.5. The first-order chi connectivity index (χ1) is 12.5. The number of carbonyl (C=O) groups excluding carboxylic acids is 1. The van der Waals surface area contributed by atoms with Crippen LogP contribution in [0, 0.1) is 0 Å². The minimum atomic E-state index is -0.922. The van der Waals surface area contributed by atoms with Gasteiger partial charge in [-0.05, 0) is 55.2 Å². The van der Waals surface area contributed by atoms with E-state index in [1.54, 1.807) is 18.2 Å². The van der Waals surface area contributed by atoms with E-state index >= 15 is 0 Å². The van der Waals surface area contributed by atoms with Gasteiger partial charge in [-0.1, -0.05) is 24.3 Å². The van der Waals surface area contributed by atoms with Gasteiger partial charge in [0.25, 0.3) is 0 Å². The predicted octanol–water partition coefficient (Wildman–Crippen LogP) is 3.52. The number of hydrogen-bond donors (Lipinski definition) is 4. The quantitative estimate of drug-likeness (QED) is 0.613. The molecule has 0 saturated heterocycles. The number of carbonyl (C=O) groups is 2. The standard InChI is InChI=1S/C20H23N3O3/c1-13(21-12-14-3-2-4-16(11-14)19(24)25)15-5-7-17(8-6-15)22-20(26)23-18-9-10-18/h2-8,11,13,18,21H,9-10,12H2,1H3,(H,24,25)(H2,22,23,26). The van der Waals surface area contributed by atoms with Crippen LogP contribution in [0.15, 0.2) is 48.5 Å². The molecule has 0 aliphatic heterocycles. The van der Waals surface area contributed by atoms with Crippen LogP contribution in [0.25, 0.3) is 0 Å². The van der Waals surface area contributed by atoms with Gasteiger partial charge < -0.3 is 21.1 Å². The van der Waals surface area contributed by atoms with Crippen molar-refractivity contribution in [1.82, 2.24) is 10.6 Å². The third kappa shape index (κ3) is 5.07. The molecular weight excluding hydrogens is 330 g/mol. The van der Waals surface area contributed by atoms with Crippen molar-refractivity contribution >= 4 is 17.7 Å². The molecule has 0 aromatic heterocycles. The van der Waals surface area contributed by atoms with E-state index < -0.39 is 5.97 Å². The van der Waals surface area contributed by atoms with Crippen molar-refractivity contribution in [2.24, 2.45) is 0 Å². The molecule has 0 radical (unpaired) electrons. The fourth-order valence-electron chi connectivity index (χ4n) is 2.64. The lowest BCUT2D eigenvalue weighted by Crippen LogP contribution is -2.30. The highest BCUT2D eigenvalue weighted by atomic mass is 16.4. The molecule has 3 rings (SSSR count). The summed E-state index contributed by atoms with van der Waals surface area (Å²) in [7, 11) is 0. The number of hydrogen-bond acceptors (Lipinski definition) is 3. The molecule has 0 spiro atoms. The molecular formula is C20H23N3O3. The molecule has 1 fully saturated rings. The van der Waals surface area contributed by atoms with E-state index in [1.807, 2.05) is 37.3 Å². The lowest BCUT2D eigenvalue weighted by molar-refractivity contribution is 0.0696. The smallest absolute Gasteiger partial charge is 0.335 e. The normalized spacial score (nSPS) is 14.5. The van der Waals surface area contributed by atoms with Gasteiger partial charge in [-0.2, -0.15) is 0 Å². The van der Waals surface area contributed by atoms with Gasteiger partial charge >= 0.3 is 12.0 Å². The summed E-state index contributed by atoms with van der Waals surface area (Å²) in [5, 5.41) is 18.1. The second kappa shape index (κ2) is 8.01. The minimum Gasteiger partial charge on any atom is -0.478 e. The van der Waals surface area contributed by atoms with E-state index in [1.165, 1.54) is 0 Å². The van der Waals surface area contributed by atoms with E-state index in [0.717, 1.165) is 29.7 Å². The lowest BCUT2D eigenvalue weighted by atomic mass is 10.1. The molecule has 136 valence electrons. The molecule has 1 aliphatic carbocycles. The Hall–Kier alpha value is -2.86. The van der Waals surface area contributed by atoms with Gasteiger partial charge in [-0.15, -0.1) is 0 Å². The molecule has 6 heteroatoms. The van der Waals surface area contributed by atoms with Crippen molar-refractivity contribution in [2.75, 3.05) is 5.32 Å². The van der Waals surface area contributed by atoms with Gasteiger partial charge in [-0.3, -0.25) is 0 Å². The number of rotatable bonds is 7. The summed E-state index contributed by atoms with van der Waals surface area (Å²) < 4.78 is 0. The van der Waals surface area contributed by atoms with Crippen LogP contribution in [0.5, 0.6) is 0 Å². The highest BCUT2D eigenvalue weighted by molar-refractivity contribution is 5.89. The topological polar surface area (TPSA) is 90.5 Å². The number of carboxylic acids is 1. The number of anilines is 1. The van der Waals surface area contributed by atoms with Crippen LogP contribution in [0.3, 0.4) is 0 Å². The number of amides is 2. The van der Waals surface area contributed by atoms with Crippen LogP contribution in [0.2, 0.25) is 0 Å². The van der Waals surface area contributed by atoms with Gasteiger partial charge in [0, 0.05) is 24.3 Å². The Balaban J connectivity index is 1.52. The fourth-order valence-corrected chi connectivity index (χ4v) is 2.64. The average molecular weight is 353 g/mol. The van der Waals surface area contributed by atoms with Crippen molar-refractivity contribution in [3.8, 4) is 0 Å². The number of carboxylic acid groups (broad SMARTS) is 1. The van der Waals surface area contributed by atoms with Crippen LogP contribution in [-0.2, 0) is 6.54 Å². The maximum absolute atomic E-state index is 11.7. The van der Waals surface area contributed by atoms with E-state index in [-0.39, 0.29) is 17.6 Å². The molecule has 26 heavy (non-hydrogen) atoms. The van der Waals surface area contributed by atoms with Crippen molar-refractivity contribution < 1.29 is 14.7 Å². The van der Waals surface area contributed by atoms with Crippen molar-refractivity contribution in [3.05, 3.63) is 65.2 Å². The average Bonchev–Trinajstić information content (AvgIpc) is 3.44.